The number of nitrogens with one attached hydrogen (secondary N) is 2. The summed E-state index contributed by atoms with van der Waals surface area (Å²) in [6.45, 7) is 5.11. The summed E-state index contributed by atoms with van der Waals surface area (Å²) in [5.74, 6) is -0.259. The summed E-state index contributed by atoms with van der Waals surface area (Å²) in [7, 11) is 0. The van der Waals surface area contributed by atoms with Gasteiger partial charge >= 0.3 is 6.09 Å². The van der Waals surface area contributed by atoms with Gasteiger partial charge in [0.15, 0.2) is 5.03 Å². The molecule has 0 bridgehead atoms. The van der Waals surface area contributed by atoms with Crippen LogP contribution in [0.4, 0.5) is 4.79 Å². The third-order valence-corrected chi connectivity index (χ3v) is 4.85. The van der Waals surface area contributed by atoms with Crippen LogP contribution in [0.5, 0.6) is 0 Å². The Kier molecular flexibility index (Phi) is 19.2. The van der Waals surface area contributed by atoms with E-state index in [4.69, 9.17) is 23.1 Å². The number of hydrazone groups is 1. The average molecular weight is 537 g/mol. The molecule has 0 spiro atoms. The Morgan fingerprint density at radius 3 is 2.16 bits per heavy atom. The number of hydrogen-bond donors (Lipinski definition) is 4. The van der Waals surface area contributed by atoms with Crippen molar-refractivity contribution in [2.24, 2.45) is 16.6 Å². The van der Waals surface area contributed by atoms with E-state index in [1.807, 2.05) is 74.5 Å². The average Bonchev–Trinajstić information content (AvgIpc) is 2.90. The van der Waals surface area contributed by atoms with Crippen molar-refractivity contribution in [2.75, 3.05) is 13.1 Å². The first-order chi connectivity index (χ1) is 17.8. The number of carbonyl (C=O) groups excluding carboxylic acids is 2. The second kappa shape index (κ2) is 21.4. The largest absolute Gasteiger partial charge is 0.445 e. The monoisotopic (exact) mass is 536 g/mol. The van der Waals surface area contributed by atoms with E-state index < -0.39 is 11.1 Å². The highest BCUT2D eigenvalue weighted by Gasteiger charge is 2.09. The highest BCUT2D eigenvalue weighted by Crippen LogP contribution is 2.18. The molecule has 0 saturated carbocycles. The summed E-state index contributed by atoms with van der Waals surface area (Å²) < 4.78 is 4.57. The lowest BCUT2D eigenvalue weighted by molar-refractivity contribution is -0.485. The number of primary amides is 1. The molecular weight excluding hydrogens is 500 g/mol. The summed E-state index contributed by atoms with van der Waals surface area (Å²) >= 11 is 6.22. The molecule has 0 aliphatic heterocycles. The maximum atomic E-state index is 11.7. The van der Waals surface area contributed by atoms with Crippen LogP contribution in [0.25, 0.3) is 0 Å². The van der Waals surface area contributed by atoms with Gasteiger partial charge in [0, 0.05) is 19.5 Å². The van der Waals surface area contributed by atoms with Crippen molar-refractivity contribution < 1.29 is 19.4 Å². The Bertz CT molecular complexity index is 932. The van der Waals surface area contributed by atoms with Crippen LogP contribution in [0.2, 0.25) is 0 Å². The predicted octanol–water partition coefficient (Wildman–Crippen LogP) is 4.05. The van der Waals surface area contributed by atoms with Gasteiger partial charge in [0.05, 0.1) is 5.38 Å². The SMILES string of the molecule is CC.N/C(=N/[N+](=O)[O-])NCCCCCC(=O)NCC(Cl)c1ccccc1.NC(=O)OCc1ccccc1. The van der Waals surface area contributed by atoms with Gasteiger partial charge in [-0.2, -0.15) is 0 Å². The van der Waals surface area contributed by atoms with Crippen LogP contribution in [0.15, 0.2) is 65.8 Å². The van der Waals surface area contributed by atoms with Gasteiger partial charge in [0.1, 0.15) is 11.7 Å². The molecule has 2 aromatic rings. The number of unbranched alkanes of at least 4 members (excludes halogenated alkanes) is 2. The fourth-order valence-electron chi connectivity index (χ4n) is 2.73. The summed E-state index contributed by atoms with van der Waals surface area (Å²) in [5.41, 5.74) is 12.0. The maximum Gasteiger partial charge on any atom is 0.404 e. The normalized spacial score (nSPS) is 10.9. The van der Waals surface area contributed by atoms with Gasteiger partial charge in [-0.05, 0) is 24.0 Å². The number of amides is 2. The minimum absolute atomic E-state index is 0.0426. The molecule has 0 fully saturated rings. The zero-order valence-electron chi connectivity index (χ0n) is 21.3. The van der Waals surface area contributed by atoms with Crippen LogP contribution in [0, 0.1) is 10.1 Å². The molecule has 0 saturated heterocycles. The second-order valence-electron chi connectivity index (χ2n) is 7.24. The van der Waals surface area contributed by atoms with Crippen LogP contribution in [0.3, 0.4) is 0 Å². The Hall–Kier alpha value is -3.86. The van der Waals surface area contributed by atoms with Crippen LogP contribution >= 0.6 is 11.6 Å². The highest BCUT2D eigenvalue weighted by atomic mass is 35.5. The van der Waals surface area contributed by atoms with E-state index in [2.05, 4.69) is 20.5 Å². The van der Waals surface area contributed by atoms with Crippen LogP contribution < -0.4 is 22.1 Å². The number of alkyl halides is 1. The molecular formula is C25H37ClN6O5. The molecule has 2 aromatic carbocycles. The number of nitrogens with zero attached hydrogens (tertiary/aromatic N) is 2. The molecule has 6 N–H and O–H groups in total. The Morgan fingerprint density at radius 1 is 1.00 bits per heavy atom. The molecule has 2 amide bonds. The van der Waals surface area contributed by atoms with E-state index in [0.29, 0.717) is 19.5 Å². The molecule has 0 radical (unpaired) electrons. The van der Waals surface area contributed by atoms with Crippen LogP contribution in [0.1, 0.15) is 56.0 Å². The molecule has 12 heteroatoms. The zero-order chi connectivity index (χ0) is 27.9. The van der Waals surface area contributed by atoms with E-state index in [-0.39, 0.29) is 23.9 Å². The maximum absolute atomic E-state index is 11.7. The number of hydrogen-bond acceptors (Lipinski definition) is 5. The minimum atomic E-state index is -0.855. The van der Waals surface area contributed by atoms with E-state index in [0.717, 1.165) is 30.4 Å². The fourth-order valence-corrected chi connectivity index (χ4v) is 2.95. The van der Waals surface area contributed by atoms with Crippen molar-refractivity contribution in [3.8, 4) is 0 Å². The summed E-state index contributed by atoms with van der Waals surface area (Å²) in [6, 6.07) is 18.9. The third-order valence-electron chi connectivity index (χ3n) is 4.44. The molecule has 0 heterocycles. The molecule has 1 unspecified atom stereocenters. The zero-order valence-corrected chi connectivity index (χ0v) is 22.0. The molecule has 11 nitrogen and oxygen atoms in total. The number of ether oxygens (including phenoxy) is 1. The van der Waals surface area contributed by atoms with Crippen molar-refractivity contribution in [3.63, 3.8) is 0 Å². The number of rotatable bonds is 12. The van der Waals surface area contributed by atoms with Gasteiger partial charge in [-0.15, -0.1) is 11.6 Å². The van der Waals surface area contributed by atoms with Gasteiger partial charge < -0.3 is 26.8 Å². The first-order valence-electron chi connectivity index (χ1n) is 11.9. The number of nitrogens with two attached hydrogens (primary N) is 2. The molecule has 204 valence electrons. The van der Waals surface area contributed by atoms with E-state index >= 15 is 0 Å². The molecule has 0 aromatic heterocycles. The molecule has 1 atom stereocenters. The number of carbonyl (C=O) groups is 2. The van der Waals surface area contributed by atoms with Crippen molar-refractivity contribution in [3.05, 3.63) is 81.9 Å². The Balaban J connectivity index is 0.000000827. The van der Waals surface area contributed by atoms with Crippen LogP contribution in [-0.2, 0) is 16.1 Å². The van der Waals surface area contributed by atoms with Gasteiger partial charge in [0.2, 0.25) is 5.91 Å². The van der Waals surface area contributed by atoms with Gasteiger partial charge in [-0.25, -0.2) is 14.9 Å². The minimum Gasteiger partial charge on any atom is -0.445 e. The lowest BCUT2D eigenvalue weighted by Gasteiger charge is -2.11. The standard InChI is InChI=1S/C15H22ClN5O3.C8H9NO2.C2H6/c16-13(12-7-3-1-4-8-12)11-19-14(22)9-5-2-6-10-18-15(17)20-21(23)24;9-8(10)11-6-7-4-2-1-3-5-7;1-2/h1,3-4,7-8,13H,2,5-6,9-11H2,(H,19,22)(H3,17,18,20);1-5H,6H2,(H2,9,10);1-2H3. The third kappa shape index (κ3) is 19.1. The molecule has 37 heavy (non-hydrogen) atoms. The summed E-state index contributed by atoms with van der Waals surface area (Å²) in [4.78, 5) is 32.0. The van der Waals surface area contributed by atoms with Crippen LogP contribution in [-0.4, -0.2) is 36.1 Å². The van der Waals surface area contributed by atoms with Crippen molar-refractivity contribution in [1.29, 1.82) is 0 Å². The molecule has 0 aliphatic carbocycles. The highest BCUT2D eigenvalue weighted by molar-refractivity contribution is 6.21. The Labute approximate surface area is 222 Å². The van der Waals surface area contributed by atoms with E-state index in [1.165, 1.54) is 0 Å². The number of guanidine groups is 1. The van der Waals surface area contributed by atoms with Crippen molar-refractivity contribution >= 4 is 29.6 Å². The van der Waals surface area contributed by atoms with Gasteiger partial charge in [-0.3, -0.25) is 4.79 Å². The molecule has 2 rings (SSSR count). The number of halogens is 1. The summed E-state index contributed by atoms with van der Waals surface area (Å²) in [5, 5.41) is 17.3. The Morgan fingerprint density at radius 2 is 1.59 bits per heavy atom. The number of benzene rings is 2. The van der Waals surface area contributed by atoms with Gasteiger partial charge in [-0.1, -0.05) is 80.9 Å². The second-order valence-corrected chi connectivity index (χ2v) is 7.76. The topological polar surface area (TPSA) is 175 Å². The lowest BCUT2D eigenvalue weighted by atomic mass is 10.1. The van der Waals surface area contributed by atoms with Gasteiger partial charge in [0.25, 0.3) is 5.96 Å². The lowest BCUT2D eigenvalue weighted by Crippen LogP contribution is -2.33. The predicted molar refractivity (Wildman–Crippen MR) is 145 cm³/mol. The van der Waals surface area contributed by atoms with E-state index in [1.54, 1.807) is 0 Å². The summed E-state index contributed by atoms with van der Waals surface area (Å²) in [6.07, 6.45) is 1.93. The quantitative estimate of drug-likeness (QED) is 0.0789. The fraction of sp³-hybridized carbons (Fsp3) is 0.400. The smallest absolute Gasteiger partial charge is 0.404 e. The first kappa shape index (κ1) is 33.1. The van der Waals surface area contributed by atoms with Crippen molar-refractivity contribution in [2.45, 2.75) is 51.5 Å². The van der Waals surface area contributed by atoms with Crippen molar-refractivity contribution in [1.82, 2.24) is 10.6 Å². The first-order valence-corrected chi connectivity index (χ1v) is 12.4. The number of nitro groups is 1. The van der Waals surface area contributed by atoms with E-state index in [9.17, 15) is 19.7 Å². The molecule has 0 aliphatic rings.